The Kier molecular flexibility index (Phi) is 3.54. The third-order valence-electron chi connectivity index (χ3n) is 0.383. The van der Waals surface area contributed by atoms with Gasteiger partial charge in [0.05, 0.1) is 0 Å². The summed E-state index contributed by atoms with van der Waals surface area (Å²) in [6, 6.07) is 0. The summed E-state index contributed by atoms with van der Waals surface area (Å²) in [6.07, 6.45) is 0. The second-order valence-electron chi connectivity index (χ2n) is 1.26. The molecule has 0 rings (SSSR count). The number of rotatable bonds is 1. The van der Waals surface area contributed by atoms with Gasteiger partial charge in [-0.3, -0.25) is 0 Å². The summed E-state index contributed by atoms with van der Waals surface area (Å²) in [4.78, 5) is -0.424. The van der Waals surface area contributed by atoms with Gasteiger partial charge >= 0.3 is 0 Å². The van der Waals surface area contributed by atoms with Crippen molar-refractivity contribution in [3.05, 3.63) is 0 Å². The van der Waals surface area contributed by atoms with E-state index in [1.54, 1.807) is 0 Å². The lowest BCUT2D eigenvalue weighted by molar-refractivity contribution is 1.03. The van der Waals surface area contributed by atoms with Crippen LogP contribution in [0.15, 0.2) is 0 Å². The number of halogens is 4. The zero-order valence-corrected chi connectivity index (χ0v) is 8.27. The molecule has 0 fully saturated rings. The van der Waals surface area contributed by atoms with E-state index in [1.807, 2.05) is 6.92 Å². The van der Waals surface area contributed by atoms with E-state index in [0.29, 0.717) is 0 Å². The Balaban J connectivity index is 3.54. The molecule has 0 N–H and O–H groups in total. The fraction of sp³-hybridized carbons (Fsp3) is 1.00. The Morgan fingerprint density at radius 1 is 1.43 bits per heavy atom. The van der Waals surface area contributed by atoms with Gasteiger partial charge in [-0.1, -0.05) is 31.9 Å². The molecular formula is C3H4Br2Cl2. The average molecular weight is 271 g/mol. The third kappa shape index (κ3) is 4.07. The van der Waals surface area contributed by atoms with Crippen molar-refractivity contribution in [2.75, 3.05) is 0 Å². The summed E-state index contributed by atoms with van der Waals surface area (Å²) in [5.41, 5.74) is 0. The minimum atomic E-state index is -0.424. The van der Waals surface area contributed by atoms with Crippen LogP contribution < -0.4 is 0 Å². The van der Waals surface area contributed by atoms with Crippen LogP contribution in [-0.4, -0.2) is 8.07 Å². The van der Waals surface area contributed by atoms with Crippen LogP contribution in [-0.2, 0) is 0 Å². The van der Waals surface area contributed by atoms with E-state index in [-0.39, 0.29) is 3.23 Å². The molecule has 0 spiro atoms. The second-order valence-corrected chi connectivity index (χ2v) is 6.71. The highest BCUT2D eigenvalue weighted by Crippen LogP contribution is 2.34. The van der Waals surface area contributed by atoms with Crippen LogP contribution in [0.1, 0.15) is 6.92 Å². The van der Waals surface area contributed by atoms with E-state index in [9.17, 15) is 0 Å². The van der Waals surface area contributed by atoms with Gasteiger partial charge < -0.3 is 0 Å². The predicted molar refractivity (Wildman–Crippen MR) is 41.8 cm³/mol. The van der Waals surface area contributed by atoms with Crippen molar-refractivity contribution in [2.24, 2.45) is 0 Å². The van der Waals surface area contributed by atoms with Gasteiger partial charge in [0.15, 0.2) is 0 Å². The third-order valence-corrected chi connectivity index (χ3v) is 3.23. The first-order valence-electron chi connectivity index (χ1n) is 1.60. The van der Waals surface area contributed by atoms with E-state index in [4.69, 9.17) is 23.2 Å². The molecule has 0 aromatic rings. The van der Waals surface area contributed by atoms with Gasteiger partial charge in [0, 0.05) is 0 Å². The molecule has 0 aliphatic carbocycles. The first kappa shape index (κ1) is 8.54. The van der Waals surface area contributed by atoms with E-state index in [0.717, 1.165) is 0 Å². The summed E-state index contributed by atoms with van der Waals surface area (Å²) in [7, 11) is 0. The van der Waals surface area contributed by atoms with Crippen molar-refractivity contribution in [2.45, 2.75) is 15.0 Å². The van der Waals surface area contributed by atoms with Gasteiger partial charge in [0.2, 0.25) is 0 Å². The van der Waals surface area contributed by atoms with Crippen LogP contribution >= 0.6 is 55.1 Å². The van der Waals surface area contributed by atoms with Crippen LogP contribution in [0.5, 0.6) is 0 Å². The maximum absolute atomic E-state index is 5.43. The minimum Gasteiger partial charge on any atom is -0.103 e. The van der Waals surface area contributed by atoms with Gasteiger partial charge in [-0.15, -0.1) is 23.2 Å². The molecule has 0 unspecified atom stereocenters. The molecule has 0 saturated heterocycles. The zero-order valence-electron chi connectivity index (χ0n) is 3.59. The van der Waals surface area contributed by atoms with Gasteiger partial charge in [-0.05, 0) is 6.92 Å². The van der Waals surface area contributed by atoms with E-state index < -0.39 is 4.84 Å². The minimum absolute atomic E-state index is 0.344. The van der Waals surface area contributed by atoms with Crippen LogP contribution in [0.25, 0.3) is 0 Å². The van der Waals surface area contributed by atoms with Gasteiger partial charge in [-0.25, -0.2) is 0 Å². The Hall–Kier alpha value is 1.54. The normalized spacial score (nSPS) is 12.9. The van der Waals surface area contributed by atoms with Crippen molar-refractivity contribution in [1.29, 1.82) is 0 Å². The molecule has 0 saturated carbocycles. The first-order chi connectivity index (χ1) is 2.94. The molecule has 0 atom stereocenters. The van der Waals surface area contributed by atoms with Crippen LogP contribution in [0.2, 0.25) is 0 Å². The highest BCUT2D eigenvalue weighted by atomic mass is 79.9. The summed E-state index contributed by atoms with van der Waals surface area (Å²) >= 11 is 17.2. The molecule has 0 heterocycles. The summed E-state index contributed by atoms with van der Waals surface area (Å²) in [5.74, 6) is 0. The summed E-state index contributed by atoms with van der Waals surface area (Å²) < 4.78 is -0.344. The SMILES string of the molecule is CC(Br)(Br)C(Cl)Cl. The largest absolute Gasteiger partial charge is 0.132 e. The average Bonchev–Trinajstić information content (AvgIpc) is 1.31. The molecule has 4 heteroatoms. The smallest absolute Gasteiger partial charge is 0.103 e. The van der Waals surface area contributed by atoms with E-state index in [1.165, 1.54) is 0 Å². The molecule has 0 aliphatic heterocycles. The molecule has 0 aliphatic rings. The van der Waals surface area contributed by atoms with Crippen LogP contribution in [0.4, 0.5) is 0 Å². The Bertz CT molecular complexity index is 56.4. The highest BCUT2D eigenvalue weighted by Gasteiger charge is 2.23. The summed E-state index contributed by atoms with van der Waals surface area (Å²) in [5, 5.41) is 0. The van der Waals surface area contributed by atoms with Crippen molar-refractivity contribution < 1.29 is 0 Å². The second kappa shape index (κ2) is 2.90. The Morgan fingerprint density at radius 2 is 1.57 bits per heavy atom. The van der Waals surface area contributed by atoms with E-state index in [2.05, 4.69) is 31.9 Å². The molecule has 0 aromatic heterocycles. The van der Waals surface area contributed by atoms with Crippen molar-refractivity contribution in [3.8, 4) is 0 Å². The Morgan fingerprint density at radius 3 is 1.57 bits per heavy atom. The zero-order chi connectivity index (χ0) is 6.08. The molecule has 0 aromatic carbocycles. The summed E-state index contributed by atoms with van der Waals surface area (Å²) in [6.45, 7) is 1.83. The van der Waals surface area contributed by atoms with Crippen LogP contribution in [0, 0.1) is 0 Å². The molecule has 0 radical (unpaired) electrons. The lowest BCUT2D eigenvalue weighted by Gasteiger charge is -2.13. The van der Waals surface area contributed by atoms with Crippen LogP contribution in [0.3, 0.4) is 0 Å². The topological polar surface area (TPSA) is 0 Å². The Labute approximate surface area is 69.8 Å². The fourth-order valence-corrected chi connectivity index (χ4v) is 0. The lowest BCUT2D eigenvalue weighted by Crippen LogP contribution is -2.13. The fourth-order valence-electron chi connectivity index (χ4n) is 0. The molecular weight excluding hydrogens is 267 g/mol. The molecule has 7 heavy (non-hydrogen) atoms. The monoisotopic (exact) mass is 268 g/mol. The number of hydrogen-bond acceptors (Lipinski definition) is 0. The molecule has 44 valence electrons. The van der Waals surface area contributed by atoms with Gasteiger partial charge in [-0.2, -0.15) is 0 Å². The van der Waals surface area contributed by atoms with E-state index >= 15 is 0 Å². The predicted octanol–water partition coefficient (Wildman–Crippen LogP) is 3.30. The molecule has 0 bridgehead atoms. The van der Waals surface area contributed by atoms with Gasteiger partial charge in [0.25, 0.3) is 0 Å². The number of hydrogen-bond donors (Lipinski definition) is 0. The van der Waals surface area contributed by atoms with Crippen molar-refractivity contribution in [3.63, 3.8) is 0 Å². The lowest BCUT2D eigenvalue weighted by atomic mass is 10.6. The van der Waals surface area contributed by atoms with Crippen molar-refractivity contribution in [1.82, 2.24) is 0 Å². The molecule has 0 nitrogen and oxygen atoms in total. The number of alkyl halides is 4. The first-order valence-corrected chi connectivity index (χ1v) is 4.06. The maximum atomic E-state index is 5.43. The molecule has 0 amide bonds. The standard InChI is InChI=1S/C3H4Br2Cl2/c1-3(4,5)2(6)7/h2H,1H3. The maximum Gasteiger partial charge on any atom is 0.132 e. The van der Waals surface area contributed by atoms with Crippen molar-refractivity contribution >= 4 is 55.1 Å². The quantitative estimate of drug-likeness (QED) is 0.642. The van der Waals surface area contributed by atoms with Gasteiger partial charge in [0.1, 0.15) is 8.07 Å². The highest BCUT2D eigenvalue weighted by molar-refractivity contribution is 9.25.